The summed E-state index contributed by atoms with van der Waals surface area (Å²) < 4.78 is 35.5. The zero-order chi connectivity index (χ0) is 26.0. The van der Waals surface area contributed by atoms with Crippen molar-refractivity contribution in [3.05, 3.63) is 58.9 Å². The van der Waals surface area contributed by atoms with Gasteiger partial charge in [0.05, 0.1) is 19.2 Å². The second-order valence-electron chi connectivity index (χ2n) is 9.63. The fourth-order valence-corrected chi connectivity index (χ4v) is 5.69. The number of carbonyl (C=O) groups excluding carboxylic acids is 1. The second kappa shape index (κ2) is 10.4. The van der Waals surface area contributed by atoms with Gasteiger partial charge in [-0.25, -0.2) is 9.71 Å². The normalized spacial score (nSPS) is 13.3. The molecule has 36 heavy (non-hydrogen) atoms. The third-order valence-corrected chi connectivity index (χ3v) is 7.52. The molecule has 1 N–H and O–H groups in total. The summed E-state index contributed by atoms with van der Waals surface area (Å²) in [6, 6.07) is 9.28. The van der Waals surface area contributed by atoms with Gasteiger partial charge in [-0.1, -0.05) is 12.1 Å². The summed E-state index contributed by atoms with van der Waals surface area (Å²) in [5, 5.41) is 4.15. The highest BCUT2D eigenvalue weighted by atomic mass is 32.2. The molecule has 1 aromatic carbocycles. The first-order valence-corrected chi connectivity index (χ1v) is 13.5. The third-order valence-electron chi connectivity index (χ3n) is 6.27. The number of hydrogen-bond donors (Lipinski definition) is 1. The van der Waals surface area contributed by atoms with Gasteiger partial charge in [-0.15, -0.1) is 0 Å². The van der Waals surface area contributed by atoms with Crippen LogP contribution in [0.5, 0.6) is 5.88 Å². The van der Waals surface area contributed by atoms with E-state index < -0.39 is 15.9 Å². The largest absolute Gasteiger partial charge is 0.481 e. The maximum atomic E-state index is 13.1. The Labute approximate surface area is 212 Å². The summed E-state index contributed by atoms with van der Waals surface area (Å²) >= 11 is 0. The number of hydrogen-bond acceptors (Lipinski definition) is 7. The van der Waals surface area contributed by atoms with E-state index in [9.17, 15) is 13.2 Å². The number of pyridine rings is 1. The van der Waals surface area contributed by atoms with Crippen LogP contribution < -0.4 is 9.46 Å². The van der Waals surface area contributed by atoms with E-state index in [2.05, 4.69) is 20.9 Å². The minimum absolute atomic E-state index is 0.0218. The highest BCUT2D eigenvalue weighted by Crippen LogP contribution is 2.34. The standard InChI is InChI=1S/C26H33N5O4S/c1-17(2)31-20(16-30(3)4)14-26(28-31)36(33,34)29-24(32)15-23-21-8-6-7-18(21)9-10-22(23)19-11-12-27-25(13-19)35-5/h9-14,17H,6-8,15-16H2,1-5H3,(H,29,32). The van der Waals surface area contributed by atoms with Crippen LogP contribution in [0.3, 0.4) is 0 Å². The van der Waals surface area contributed by atoms with Gasteiger partial charge in [0.1, 0.15) is 0 Å². The number of sulfonamides is 1. The van der Waals surface area contributed by atoms with E-state index in [4.69, 9.17) is 4.74 Å². The predicted molar refractivity (Wildman–Crippen MR) is 137 cm³/mol. The second-order valence-corrected chi connectivity index (χ2v) is 11.3. The number of nitrogens with one attached hydrogen (secondary N) is 1. The molecule has 0 saturated carbocycles. The molecule has 1 aliphatic carbocycles. The minimum atomic E-state index is -4.13. The zero-order valence-electron chi connectivity index (χ0n) is 21.4. The van der Waals surface area contributed by atoms with Crippen molar-refractivity contribution in [3.8, 4) is 17.0 Å². The molecule has 0 aliphatic heterocycles. The molecule has 0 bridgehead atoms. The van der Waals surface area contributed by atoms with Gasteiger partial charge < -0.3 is 9.64 Å². The van der Waals surface area contributed by atoms with E-state index in [0.717, 1.165) is 47.2 Å². The monoisotopic (exact) mass is 511 g/mol. The van der Waals surface area contributed by atoms with Crippen LogP contribution in [0.2, 0.25) is 0 Å². The number of aromatic nitrogens is 3. The van der Waals surface area contributed by atoms with Crippen molar-refractivity contribution in [2.75, 3.05) is 21.2 Å². The van der Waals surface area contributed by atoms with Gasteiger partial charge in [0.2, 0.25) is 11.8 Å². The molecule has 0 unspecified atom stereocenters. The molecule has 3 aromatic rings. The Kier molecular flexibility index (Phi) is 7.46. The highest BCUT2D eigenvalue weighted by Gasteiger charge is 2.26. The van der Waals surface area contributed by atoms with Crippen molar-refractivity contribution >= 4 is 15.9 Å². The van der Waals surface area contributed by atoms with Gasteiger partial charge in [-0.3, -0.25) is 9.48 Å². The average Bonchev–Trinajstić information content (AvgIpc) is 3.46. The molecular formula is C26H33N5O4S. The van der Waals surface area contributed by atoms with Crippen LogP contribution in [-0.2, 0) is 40.6 Å². The average molecular weight is 512 g/mol. The number of rotatable bonds is 9. The minimum Gasteiger partial charge on any atom is -0.481 e. The van der Waals surface area contributed by atoms with Crippen molar-refractivity contribution < 1.29 is 17.9 Å². The summed E-state index contributed by atoms with van der Waals surface area (Å²) in [5.74, 6) is -0.119. The molecule has 2 aromatic heterocycles. The van der Waals surface area contributed by atoms with E-state index in [1.165, 1.54) is 11.6 Å². The number of amides is 1. The van der Waals surface area contributed by atoms with E-state index in [1.54, 1.807) is 18.0 Å². The summed E-state index contributed by atoms with van der Waals surface area (Å²) in [6.07, 6.45) is 4.41. The molecule has 0 atom stereocenters. The Morgan fingerprint density at radius 2 is 1.97 bits per heavy atom. The van der Waals surface area contributed by atoms with Gasteiger partial charge in [-0.2, -0.15) is 13.5 Å². The van der Waals surface area contributed by atoms with Crippen LogP contribution in [0.25, 0.3) is 11.1 Å². The van der Waals surface area contributed by atoms with Crippen LogP contribution >= 0.6 is 0 Å². The van der Waals surface area contributed by atoms with Gasteiger partial charge in [0.25, 0.3) is 10.0 Å². The van der Waals surface area contributed by atoms with Crippen LogP contribution in [-0.4, -0.2) is 55.2 Å². The summed E-state index contributed by atoms with van der Waals surface area (Å²) in [4.78, 5) is 19.3. The van der Waals surface area contributed by atoms with Crippen molar-refractivity contribution in [1.82, 2.24) is 24.4 Å². The molecule has 192 valence electrons. The number of aryl methyl sites for hydroxylation is 1. The first-order valence-electron chi connectivity index (χ1n) is 12.0. The van der Waals surface area contributed by atoms with Crippen LogP contribution in [0.15, 0.2) is 41.6 Å². The van der Waals surface area contributed by atoms with Crippen molar-refractivity contribution in [3.63, 3.8) is 0 Å². The highest BCUT2D eigenvalue weighted by molar-refractivity contribution is 7.90. The fourth-order valence-electron chi connectivity index (χ4n) is 4.73. The lowest BCUT2D eigenvalue weighted by Gasteiger charge is -2.15. The van der Waals surface area contributed by atoms with E-state index in [1.807, 2.05) is 51.0 Å². The van der Waals surface area contributed by atoms with Gasteiger partial charge in [-0.05, 0) is 81.1 Å². The molecule has 1 amide bonds. The number of ether oxygens (including phenoxy) is 1. The van der Waals surface area contributed by atoms with Crippen LogP contribution in [0.4, 0.5) is 0 Å². The first-order chi connectivity index (χ1) is 17.1. The maximum Gasteiger partial charge on any atom is 0.283 e. The third kappa shape index (κ3) is 5.44. The molecule has 1 aliphatic rings. The molecular weight excluding hydrogens is 478 g/mol. The predicted octanol–water partition coefficient (Wildman–Crippen LogP) is 3.13. The Morgan fingerprint density at radius 3 is 2.67 bits per heavy atom. The topological polar surface area (TPSA) is 106 Å². The number of nitrogens with zero attached hydrogens (tertiary/aromatic N) is 4. The molecule has 0 fully saturated rings. The SMILES string of the molecule is COc1cc(-c2ccc3c(c2CC(=O)NS(=O)(=O)c2cc(CN(C)C)n(C(C)C)n2)CCC3)ccn1. The molecule has 0 spiro atoms. The molecule has 0 saturated heterocycles. The fraction of sp³-hybridized carbons (Fsp3) is 0.423. The Morgan fingerprint density at radius 1 is 1.19 bits per heavy atom. The Balaban J connectivity index is 1.64. The van der Waals surface area contributed by atoms with Crippen molar-refractivity contribution in [2.24, 2.45) is 0 Å². The number of benzene rings is 1. The number of fused-ring (bicyclic) bond motifs is 1. The number of methoxy groups -OCH3 is 1. The molecule has 0 radical (unpaired) electrons. The molecule has 9 nitrogen and oxygen atoms in total. The van der Waals surface area contributed by atoms with E-state index >= 15 is 0 Å². The maximum absolute atomic E-state index is 13.1. The summed E-state index contributed by atoms with van der Waals surface area (Å²) in [5.41, 5.74) is 5.67. The zero-order valence-corrected chi connectivity index (χ0v) is 22.2. The lowest BCUT2D eigenvalue weighted by molar-refractivity contribution is -0.118. The van der Waals surface area contributed by atoms with Crippen molar-refractivity contribution in [1.29, 1.82) is 0 Å². The van der Waals surface area contributed by atoms with E-state index in [-0.39, 0.29) is 17.5 Å². The number of carbonyl (C=O) groups is 1. The van der Waals surface area contributed by atoms with Gasteiger partial charge >= 0.3 is 0 Å². The summed E-state index contributed by atoms with van der Waals surface area (Å²) in [6.45, 7) is 4.41. The molecule has 10 heteroatoms. The van der Waals surface area contributed by atoms with Gasteiger partial charge in [0.15, 0.2) is 5.03 Å². The lowest BCUT2D eigenvalue weighted by Crippen LogP contribution is -2.32. The molecule has 2 heterocycles. The van der Waals surface area contributed by atoms with Crippen molar-refractivity contribution in [2.45, 2.75) is 57.1 Å². The van der Waals surface area contributed by atoms with E-state index in [0.29, 0.717) is 12.4 Å². The summed E-state index contributed by atoms with van der Waals surface area (Å²) in [7, 11) is 1.23. The van der Waals surface area contributed by atoms with Gasteiger partial charge in [0, 0.05) is 30.9 Å². The quantitative estimate of drug-likeness (QED) is 0.470. The van der Waals surface area contributed by atoms with Crippen LogP contribution in [0, 0.1) is 0 Å². The lowest BCUT2D eigenvalue weighted by atomic mass is 9.91. The Bertz CT molecular complexity index is 1380. The first kappa shape index (κ1) is 25.8. The Hall–Kier alpha value is -3.24. The molecule has 4 rings (SSSR count). The smallest absolute Gasteiger partial charge is 0.283 e. The van der Waals surface area contributed by atoms with Crippen LogP contribution in [0.1, 0.15) is 48.7 Å².